The molecule has 0 aromatic carbocycles. The zero-order valence-electron chi connectivity index (χ0n) is 11.6. The van der Waals surface area contributed by atoms with Crippen LogP contribution < -0.4 is 0 Å². The van der Waals surface area contributed by atoms with E-state index in [4.69, 9.17) is 0 Å². The minimum Gasteiger partial charge on any atom is -0.335 e. The number of amides is 1. The fourth-order valence-electron chi connectivity index (χ4n) is 2.03. The molecular weight excluding hydrogens is 280 g/mol. The monoisotopic (exact) mass is 298 g/mol. The molecule has 1 amide bonds. The highest BCUT2D eigenvalue weighted by Gasteiger charge is 2.28. The average molecular weight is 298 g/mol. The molecule has 110 valence electrons. The van der Waals surface area contributed by atoms with Gasteiger partial charge in [0, 0.05) is 26.2 Å². The number of hydrogen-bond acceptors (Lipinski definition) is 5. The first kappa shape index (κ1) is 14.9. The van der Waals surface area contributed by atoms with Crippen LogP contribution in [0.1, 0.15) is 23.1 Å². The van der Waals surface area contributed by atoms with Crippen LogP contribution in [-0.4, -0.2) is 65.7 Å². The average Bonchev–Trinajstić information content (AvgIpc) is 2.47. The van der Waals surface area contributed by atoms with Crippen LogP contribution in [0.2, 0.25) is 0 Å². The van der Waals surface area contributed by atoms with Crippen LogP contribution >= 0.6 is 0 Å². The van der Waals surface area contributed by atoms with Gasteiger partial charge in [-0.15, -0.1) is 5.10 Å². The second kappa shape index (κ2) is 5.84. The summed E-state index contributed by atoms with van der Waals surface area (Å²) in [5.41, 5.74) is 1.04. The molecule has 1 aliphatic heterocycles. The van der Waals surface area contributed by atoms with E-state index in [0.29, 0.717) is 31.9 Å². The van der Waals surface area contributed by atoms with Crippen molar-refractivity contribution in [1.82, 2.24) is 19.4 Å². The van der Waals surface area contributed by atoms with E-state index in [0.717, 1.165) is 5.69 Å². The van der Waals surface area contributed by atoms with E-state index in [1.807, 2.05) is 0 Å². The quantitative estimate of drug-likeness (QED) is 0.777. The SMILES string of the molecule is CCS(=O)(=O)N1CCN(C(=O)c2ccc(C)nn2)CC1. The van der Waals surface area contributed by atoms with Gasteiger partial charge in [0.15, 0.2) is 5.69 Å². The third-order valence-electron chi connectivity index (χ3n) is 3.30. The van der Waals surface area contributed by atoms with Crippen molar-refractivity contribution in [2.75, 3.05) is 31.9 Å². The van der Waals surface area contributed by atoms with Gasteiger partial charge in [0.2, 0.25) is 10.0 Å². The van der Waals surface area contributed by atoms with Crippen molar-refractivity contribution in [2.45, 2.75) is 13.8 Å². The minimum atomic E-state index is -3.17. The molecule has 1 saturated heterocycles. The largest absolute Gasteiger partial charge is 0.335 e. The van der Waals surface area contributed by atoms with E-state index < -0.39 is 10.0 Å². The number of nitrogens with zero attached hydrogens (tertiary/aromatic N) is 4. The van der Waals surface area contributed by atoms with Crippen molar-refractivity contribution in [1.29, 1.82) is 0 Å². The number of carbonyl (C=O) groups is 1. The van der Waals surface area contributed by atoms with Gasteiger partial charge in [-0.1, -0.05) is 0 Å². The topological polar surface area (TPSA) is 83.5 Å². The highest BCUT2D eigenvalue weighted by Crippen LogP contribution is 2.10. The van der Waals surface area contributed by atoms with Crippen molar-refractivity contribution >= 4 is 15.9 Å². The summed E-state index contributed by atoms with van der Waals surface area (Å²) >= 11 is 0. The van der Waals surface area contributed by atoms with Crippen molar-refractivity contribution in [3.05, 3.63) is 23.5 Å². The zero-order valence-corrected chi connectivity index (χ0v) is 12.4. The van der Waals surface area contributed by atoms with Gasteiger partial charge in [0.05, 0.1) is 11.4 Å². The summed E-state index contributed by atoms with van der Waals surface area (Å²) in [5.74, 6) is -0.115. The molecule has 0 radical (unpaired) electrons. The summed E-state index contributed by atoms with van der Waals surface area (Å²) in [6.07, 6.45) is 0. The van der Waals surface area contributed by atoms with E-state index in [9.17, 15) is 13.2 Å². The number of rotatable bonds is 3. The van der Waals surface area contributed by atoms with E-state index >= 15 is 0 Å². The molecule has 0 aliphatic carbocycles. The number of sulfonamides is 1. The van der Waals surface area contributed by atoms with Gasteiger partial charge < -0.3 is 4.90 Å². The first-order valence-corrected chi connectivity index (χ1v) is 8.12. The van der Waals surface area contributed by atoms with Crippen LogP contribution in [0.5, 0.6) is 0 Å². The van der Waals surface area contributed by atoms with Gasteiger partial charge in [-0.05, 0) is 26.0 Å². The highest BCUT2D eigenvalue weighted by atomic mass is 32.2. The number of piperazine rings is 1. The zero-order chi connectivity index (χ0) is 14.8. The van der Waals surface area contributed by atoms with Crippen molar-refractivity contribution in [2.24, 2.45) is 0 Å². The van der Waals surface area contributed by atoms with Gasteiger partial charge in [0.1, 0.15) is 0 Å². The van der Waals surface area contributed by atoms with Gasteiger partial charge >= 0.3 is 0 Å². The number of carbonyl (C=O) groups excluding carboxylic acids is 1. The maximum atomic E-state index is 12.2. The molecule has 1 aliphatic rings. The number of aromatic nitrogens is 2. The first-order chi connectivity index (χ1) is 9.44. The van der Waals surface area contributed by atoms with Crippen LogP contribution in [-0.2, 0) is 10.0 Å². The Balaban J connectivity index is 2.00. The first-order valence-electron chi connectivity index (χ1n) is 6.51. The van der Waals surface area contributed by atoms with Crippen LogP contribution in [0.25, 0.3) is 0 Å². The van der Waals surface area contributed by atoms with Crippen molar-refractivity contribution in [3.63, 3.8) is 0 Å². The Morgan fingerprint density at radius 2 is 1.85 bits per heavy atom. The fraction of sp³-hybridized carbons (Fsp3) is 0.583. The van der Waals surface area contributed by atoms with Crippen molar-refractivity contribution < 1.29 is 13.2 Å². The van der Waals surface area contributed by atoms with Crippen LogP contribution in [0.3, 0.4) is 0 Å². The standard InChI is InChI=1S/C12H18N4O3S/c1-3-20(18,19)16-8-6-15(7-9-16)12(17)11-5-4-10(2)13-14-11/h4-5H,3,6-9H2,1-2H3. The molecule has 7 nitrogen and oxygen atoms in total. The smallest absolute Gasteiger partial charge is 0.274 e. The maximum absolute atomic E-state index is 12.2. The lowest BCUT2D eigenvalue weighted by molar-refractivity contribution is 0.0691. The van der Waals surface area contributed by atoms with Gasteiger partial charge in [-0.25, -0.2) is 8.42 Å². The van der Waals surface area contributed by atoms with E-state index in [1.165, 1.54) is 4.31 Å². The number of aryl methyl sites for hydroxylation is 1. The molecule has 0 bridgehead atoms. The Hall–Kier alpha value is -1.54. The Bertz CT molecular complexity index is 577. The molecular formula is C12H18N4O3S. The van der Waals surface area contributed by atoms with Crippen LogP contribution in [0, 0.1) is 6.92 Å². The maximum Gasteiger partial charge on any atom is 0.274 e. The Morgan fingerprint density at radius 3 is 2.35 bits per heavy atom. The molecule has 20 heavy (non-hydrogen) atoms. The second-order valence-electron chi connectivity index (χ2n) is 4.65. The summed E-state index contributed by atoms with van der Waals surface area (Å²) in [7, 11) is -3.17. The molecule has 2 heterocycles. The summed E-state index contributed by atoms with van der Waals surface area (Å²) in [6, 6.07) is 3.37. The van der Waals surface area contributed by atoms with Crippen LogP contribution in [0.4, 0.5) is 0 Å². The fourth-order valence-corrected chi connectivity index (χ4v) is 3.11. The summed E-state index contributed by atoms with van der Waals surface area (Å²) in [4.78, 5) is 13.8. The molecule has 0 spiro atoms. The third-order valence-corrected chi connectivity index (χ3v) is 5.18. The lowest BCUT2D eigenvalue weighted by Gasteiger charge is -2.33. The molecule has 2 rings (SSSR count). The molecule has 1 aromatic heterocycles. The predicted molar refractivity (Wildman–Crippen MR) is 73.7 cm³/mol. The van der Waals surface area contributed by atoms with E-state index in [-0.39, 0.29) is 11.7 Å². The lowest BCUT2D eigenvalue weighted by atomic mass is 10.3. The minimum absolute atomic E-state index is 0.0877. The molecule has 8 heteroatoms. The molecule has 0 atom stereocenters. The molecule has 1 fully saturated rings. The summed E-state index contributed by atoms with van der Waals surface area (Å²) in [6.45, 7) is 4.86. The second-order valence-corrected chi connectivity index (χ2v) is 6.91. The molecule has 0 unspecified atom stereocenters. The summed E-state index contributed by atoms with van der Waals surface area (Å²) < 4.78 is 24.9. The Labute approximate surface area is 118 Å². The Kier molecular flexibility index (Phi) is 4.34. The number of hydrogen-bond donors (Lipinski definition) is 0. The Morgan fingerprint density at radius 1 is 1.20 bits per heavy atom. The molecule has 0 N–H and O–H groups in total. The highest BCUT2D eigenvalue weighted by molar-refractivity contribution is 7.89. The summed E-state index contributed by atoms with van der Waals surface area (Å²) in [5, 5.41) is 7.72. The normalized spacial score (nSPS) is 17.2. The predicted octanol–water partition coefficient (Wildman–Crippen LogP) is -0.107. The van der Waals surface area contributed by atoms with Crippen molar-refractivity contribution in [3.8, 4) is 0 Å². The van der Waals surface area contributed by atoms with E-state index in [1.54, 1.807) is 30.9 Å². The third kappa shape index (κ3) is 3.13. The van der Waals surface area contributed by atoms with Gasteiger partial charge in [-0.2, -0.15) is 9.40 Å². The molecule has 1 aromatic rings. The molecule has 0 saturated carbocycles. The van der Waals surface area contributed by atoms with Gasteiger partial charge in [-0.3, -0.25) is 4.79 Å². The van der Waals surface area contributed by atoms with Gasteiger partial charge in [0.25, 0.3) is 5.91 Å². The van der Waals surface area contributed by atoms with E-state index in [2.05, 4.69) is 10.2 Å². The van der Waals surface area contributed by atoms with Crippen LogP contribution in [0.15, 0.2) is 12.1 Å². The lowest BCUT2D eigenvalue weighted by Crippen LogP contribution is -2.51.